The second kappa shape index (κ2) is 6.36. The SMILES string of the molecule is CC(O)C1CCN(C(=O)c2cc(Cl)ncc2[N+](=O)[O-])CC1. The van der Waals surface area contributed by atoms with Crippen LogP contribution in [0, 0.1) is 16.0 Å². The Balaban J connectivity index is 2.18. The van der Waals surface area contributed by atoms with Crippen LogP contribution in [-0.4, -0.2) is 45.0 Å². The molecule has 1 unspecified atom stereocenters. The summed E-state index contributed by atoms with van der Waals surface area (Å²) in [5.74, 6) is -0.264. The van der Waals surface area contributed by atoms with E-state index in [1.54, 1.807) is 11.8 Å². The highest BCUT2D eigenvalue weighted by Crippen LogP contribution is 2.26. The zero-order valence-electron chi connectivity index (χ0n) is 11.5. The summed E-state index contributed by atoms with van der Waals surface area (Å²) in [6.07, 6.45) is 1.94. The minimum atomic E-state index is -0.640. The third-order valence-electron chi connectivity index (χ3n) is 3.79. The maximum Gasteiger partial charge on any atom is 0.300 e. The van der Waals surface area contributed by atoms with Crippen molar-refractivity contribution in [2.75, 3.05) is 13.1 Å². The van der Waals surface area contributed by atoms with Gasteiger partial charge >= 0.3 is 0 Å². The van der Waals surface area contributed by atoms with Crippen molar-refractivity contribution in [3.63, 3.8) is 0 Å². The first-order chi connectivity index (χ1) is 9.90. The summed E-state index contributed by atoms with van der Waals surface area (Å²) < 4.78 is 0. The van der Waals surface area contributed by atoms with Gasteiger partial charge < -0.3 is 10.0 Å². The molecule has 1 fully saturated rings. The number of carbonyl (C=O) groups is 1. The molecule has 0 spiro atoms. The van der Waals surface area contributed by atoms with Gasteiger partial charge in [-0.25, -0.2) is 4.98 Å². The van der Waals surface area contributed by atoms with Crippen LogP contribution in [0.3, 0.4) is 0 Å². The van der Waals surface area contributed by atoms with E-state index in [0.29, 0.717) is 25.9 Å². The summed E-state index contributed by atoms with van der Waals surface area (Å²) in [6.45, 7) is 2.66. The van der Waals surface area contributed by atoms with Gasteiger partial charge in [-0.05, 0) is 31.7 Å². The van der Waals surface area contributed by atoms with Crippen molar-refractivity contribution in [1.29, 1.82) is 0 Å². The van der Waals surface area contributed by atoms with Crippen molar-refractivity contribution in [3.05, 3.63) is 33.1 Å². The average Bonchev–Trinajstić information content (AvgIpc) is 2.46. The Kier molecular flexibility index (Phi) is 4.74. The van der Waals surface area contributed by atoms with Crippen LogP contribution in [0.5, 0.6) is 0 Å². The van der Waals surface area contributed by atoms with Crippen LogP contribution < -0.4 is 0 Å². The lowest BCUT2D eigenvalue weighted by Crippen LogP contribution is -2.41. The Labute approximate surface area is 126 Å². The van der Waals surface area contributed by atoms with Crippen molar-refractivity contribution in [2.24, 2.45) is 5.92 Å². The molecule has 21 heavy (non-hydrogen) atoms. The predicted molar refractivity (Wildman–Crippen MR) is 76.2 cm³/mol. The van der Waals surface area contributed by atoms with E-state index in [9.17, 15) is 20.0 Å². The smallest absolute Gasteiger partial charge is 0.300 e. The number of pyridine rings is 1. The molecule has 0 bridgehead atoms. The van der Waals surface area contributed by atoms with Crippen LogP contribution in [-0.2, 0) is 0 Å². The zero-order valence-corrected chi connectivity index (χ0v) is 12.3. The van der Waals surface area contributed by atoms with E-state index < -0.39 is 16.9 Å². The fraction of sp³-hybridized carbons (Fsp3) is 0.538. The molecule has 8 heteroatoms. The van der Waals surface area contributed by atoms with Gasteiger partial charge in [0.25, 0.3) is 11.6 Å². The number of amides is 1. The van der Waals surface area contributed by atoms with Gasteiger partial charge in [-0.1, -0.05) is 11.6 Å². The monoisotopic (exact) mass is 313 g/mol. The molecule has 1 aliphatic heterocycles. The molecule has 7 nitrogen and oxygen atoms in total. The van der Waals surface area contributed by atoms with E-state index in [2.05, 4.69) is 4.98 Å². The van der Waals surface area contributed by atoms with Crippen molar-refractivity contribution in [2.45, 2.75) is 25.9 Å². The number of piperidine rings is 1. The van der Waals surface area contributed by atoms with Gasteiger partial charge in [0, 0.05) is 13.1 Å². The summed E-state index contributed by atoms with van der Waals surface area (Å²) in [5, 5.41) is 20.6. The molecule has 0 saturated carbocycles. The van der Waals surface area contributed by atoms with Gasteiger partial charge in [-0.2, -0.15) is 0 Å². The van der Waals surface area contributed by atoms with E-state index >= 15 is 0 Å². The Bertz CT molecular complexity index is 556. The zero-order chi connectivity index (χ0) is 15.6. The minimum Gasteiger partial charge on any atom is -0.393 e. The number of rotatable bonds is 3. The quantitative estimate of drug-likeness (QED) is 0.522. The first-order valence-electron chi connectivity index (χ1n) is 6.67. The largest absolute Gasteiger partial charge is 0.393 e. The second-order valence-corrected chi connectivity index (χ2v) is 5.54. The topological polar surface area (TPSA) is 96.6 Å². The minimum absolute atomic E-state index is 0.0443. The van der Waals surface area contributed by atoms with Gasteiger partial charge in [0.2, 0.25) is 0 Å². The molecule has 0 aliphatic carbocycles. The van der Waals surface area contributed by atoms with Crippen molar-refractivity contribution < 1.29 is 14.8 Å². The average molecular weight is 314 g/mol. The van der Waals surface area contributed by atoms with Gasteiger partial charge in [0.1, 0.15) is 16.9 Å². The van der Waals surface area contributed by atoms with Crippen molar-refractivity contribution >= 4 is 23.2 Å². The number of aromatic nitrogens is 1. The van der Waals surface area contributed by atoms with Crippen LogP contribution in [0.15, 0.2) is 12.3 Å². The van der Waals surface area contributed by atoms with Gasteiger partial charge in [-0.3, -0.25) is 14.9 Å². The Morgan fingerprint density at radius 2 is 2.19 bits per heavy atom. The van der Waals surface area contributed by atoms with E-state index in [1.165, 1.54) is 6.07 Å². The molecular weight excluding hydrogens is 298 g/mol. The van der Waals surface area contributed by atoms with E-state index in [0.717, 1.165) is 6.20 Å². The van der Waals surface area contributed by atoms with Gasteiger partial charge in [0.05, 0.1) is 11.0 Å². The molecule has 1 aromatic heterocycles. The maximum absolute atomic E-state index is 12.4. The van der Waals surface area contributed by atoms with Gasteiger partial charge in [-0.15, -0.1) is 0 Å². The van der Waals surface area contributed by atoms with Gasteiger partial charge in [0.15, 0.2) is 0 Å². The number of aliphatic hydroxyl groups excluding tert-OH is 1. The number of halogens is 1. The molecule has 114 valence electrons. The van der Waals surface area contributed by atoms with E-state index in [4.69, 9.17) is 11.6 Å². The third-order valence-corrected chi connectivity index (χ3v) is 3.99. The number of hydrogen-bond acceptors (Lipinski definition) is 5. The molecule has 0 radical (unpaired) electrons. The first kappa shape index (κ1) is 15.7. The van der Waals surface area contributed by atoms with Crippen molar-refractivity contribution in [3.8, 4) is 0 Å². The van der Waals surface area contributed by atoms with Crippen LogP contribution in [0.2, 0.25) is 5.15 Å². The molecule has 0 aromatic carbocycles. The Morgan fingerprint density at radius 1 is 1.57 bits per heavy atom. The number of hydrogen-bond donors (Lipinski definition) is 1. The molecular formula is C13H16ClN3O4. The molecule has 1 saturated heterocycles. The summed E-state index contributed by atoms with van der Waals surface area (Å²) in [5.41, 5.74) is -0.391. The second-order valence-electron chi connectivity index (χ2n) is 5.15. The van der Waals surface area contributed by atoms with Crippen LogP contribution in [0.4, 0.5) is 5.69 Å². The highest BCUT2D eigenvalue weighted by molar-refractivity contribution is 6.29. The van der Waals surface area contributed by atoms with E-state index in [-0.39, 0.29) is 22.3 Å². The molecule has 1 aliphatic rings. The lowest BCUT2D eigenvalue weighted by molar-refractivity contribution is -0.385. The first-order valence-corrected chi connectivity index (χ1v) is 7.05. The molecule has 1 N–H and O–H groups in total. The Hall–Kier alpha value is -1.73. The summed E-state index contributed by atoms with van der Waals surface area (Å²) in [7, 11) is 0. The number of nitro groups is 1. The summed E-state index contributed by atoms with van der Waals surface area (Å²) >= 11 is 5.73. The fourth-order valence-electron chi connectivity index (χ4n) is 2.49. The molecule has 1 atom stereocenters. The molecule has 1 amide bonds. The number of likely N-dealkylation sites (tertiary alicyclic amines) is 1. The fourth-order valence-corrected chi connectivity index (χ4v) is 2.65. The highest BCUT2D eigenvalue weighted by atomic mass is 35.5. The maximum atomic E-state index is 12.4. The van der Waals surface area contributed by atoms with Crippen LogP contribution >= 0.6 is 11.6 Å². The predicted octanol–water partition coefficient (Wildman–Crippen LogP) is 1.88. The normalized spacial score (nSPS) is 17.6. The lowest BCUT2D eigenvalue weighted by Gasteiger charge is -2.33. The lowest BCUT2D eigenvalue weighted by atomic mass is 9.92. The van der Waals surface area contributed by atoms with Crippen LogP contribution in [0.1, 0.15) is 30.1 Å². The highest BCUT2D eigenvalue weighted by Gasteiger charge is 2.30. The molecule has 1 aromatic rings. The number of nitrogens with zero attached hydrogens (tertiary/aromatic N) is 3. The third kappa shape index (κ3) is 3.48. The summed E-state index contributed by atoms with van der Waals surface area (Å²) in [6, 6.07) is 1.22. The number of carbonyl (C=O) groups excluding carboxylic acids is 1. The standard InChI is InChI=1S/C13H16ClN3O4/c1-8(18)9-2-4-16(5-3-9)13(19)10-6-12(14)15-7-11(10)17(20)21/h6-9,18H,2-5H2,1H3. The summed E-state index contributed by atoms with van der Waals surface area (Å²) in [4.78, 5) is 28.0. The number of aliphatic hydroxyl groups is 1. The van der Waals surface area contributed by atoms with Crippen molar-refractivity contribution in [1.82, 2.24) is 9.88 Å². The van der Waals surface area contributed by atoms with E-state index in [1.807, 2.05) is 0 Å². The molecule has 2 rings (SSSR count). The van der Waals surface area contributed by atoms with Crippen LogP contribution in [0.25, 0.3) is 0 Å². The Morgan fingerprint density at radius 3 is 2.71 bits per heavy atom. The molecule has 2 heterocycles.